The molecule has 0 spiro atoms. The van der Waals surface area contributed by atoms with Crippen molar-refractivity contribution in [3.05, 3.63) is 47.3 Å². The maximum Gasteiger partial charge on any atom is 0.586 e. The molecule has 5 rings (SSSR count). The summed E-state index contributed by atoms with van der Waals surface area (Å²) in [6.45, 7) is 9.34. The molecule has 2 aromatic carbocycles. The van der Waals surface area contributed by atoms with Gasteiger partial charge in [-0.05, 0) is 67.0 Å². The van der Waals surface area contributed by atoms with Crippen LogP contribution >= 0.6 is 0 Å². The summed E-state index contributed by atoms with van der Waals surface area (Å²) < 4.78 is 50.8. The molecule has 1 atom stereocenters. The van der Waals surface area contributed by atoms with E-state index in [1.165, 1.54) is 18.2 Å². The van der Waals surface area contributed by atoms with Gasteiger partial charge in [0.15, 0.2) is 11.5 Å². The Bertz CT molecular complexity index is 1140. The Morgan fingerprint density at radius 2 is 1.85 bits per heavy atom. The quantitative estimate of drug-likeness (QED) is 0.644. The first-order chi connectivity index (χ1) is 15.4. The molecular weight excluding hydrogens is 433 g/mol. The average molecular weight is 460 g/mol. The van der Waals surface area contributed by atoms with E-state index in [0.29, 0.717) is 18.4 Å². The molecule has 8 heteroatoms. The predicted molar refractivity (Wildman–Crippen MR) is 119 cm³/mol. The van der Waals surface area contributed by atoms with E-state index in [9.17, 15) is 13.6 Å². The third-order valence-corrected chi connectivity index (χ3v) is 6.99. The first-order valence-corrected chi connectivity index (χ1v) is 11.2. The predicted octanol–water partition coefficient (Wildman–Crippen LogP) is 5.61. The Morgan fingerprint density at radius 1 is 1.15 bits per heavy atom. The number of nitrogens with zero attached hydrogens (tertiary/aromatic N) is 1. The number of halogens is 3. The highest BCUT2D eigenvalue weighted by atomic mass is 19.3. The largest absolute Gasteiger partial charge is 0.586 e. The standard InChI is InChI=1S/C25H27F3N2O3/c1-5-30-18-13-16(26)17(10-14(18)11-21(30)23(2,3)4)29-22(31)24(8-9-24)15-6-7-19-20(12-15)33-25(27,28)32-19/h6-7,10,12-13,21H,5,8-9,11H2,1-4H3,(H,29,31). The van der Waals surface area contributed by atoms with Gasteiger partial charge in [-0.15, -0.1) is 8.78 Å². The fourth-order valence-corrected chi connectivity index (χ4v) is 5.05. The van der Waals surface area contributed by atoms with Crippen LogP contribution in [-0.4, -0.2) is 24.8 Å². The van der Waals surface area contributed by atoms with Gasteiger partial charge in [0.05, 0.1) is 11.1 Å². The topological polar surface area (TPSA) is 50.8 Å². The maximum absolute atomic E-state index is 15.1. The molecule has 0 radical (unpaired) electrons. The van der Waals surface area contributed by atoms with Crippen molar-refractivity contribution in [3.63, 3.8) is 0 Å². The summed E-state index contributed by atoms with van der Waals surface area (Å²) in [6.07, 6.45) is -1.86. The van der Waals surface area contributed by atoms with Crippen molar-refractivity contribution in [1.82, 2.24) is 0 Å². The SMILES string of the molecule is CCN1c2cc(F)c(NC(=O)C3(c4ccc5c(c4)OC(F)(F)O5)CC3)cc2CC1C(C)(C)C. The van der Waals surface area contributed by atoms with Crippen LogP contribution in [-0.2, 0) is 16.6 Å². The van der Waals surface area contributed by atoms with Gasteiger partial charge in [-0.1, -0.05) is 26.8 Å². The second-order valence-corrected chi connectivity index (χ2v) is 10.2. The number of carbonyl (C=O) groups excluding carboxylic acids is 1. The van der Waals surface area contributed by atoms with E-state index < -0.39 is 17.5 Å². The molecule has 33 heavy (non-hydrogen) atoms. The van der Waals surface area contributed by atoms with Gasteiger partial charge < -0.3 is 19.7 Å². The number of likely N-dealkylation sites (N-methyl/N-ethyl adjacent to an activating group) is 1. The van der Waals surface area contributed by atoms with Gasteiger partial charge in [0.1, 0.15) is 5.82 Å². The summed E-state index contributed by atoms with van der Waals surface area (Å²) in [6, 6.07) is 7.85. The van der Waals surface area contributed by atoms with Gasteiger partial charge in [0.2, 0.25) is 5.91 Å². The molecule has 2 heterocycles. The first kappa shape index (κ1) is 21.9. The minimum atomic E-state index is -3.72. The van der Waals surface area contributed by atoms with Gasteiger partial charge in [-0.2, -0.15) is 0 Å². The van der Waals surface area contributed by atoms with E-state index in [-0.39, 0.29) is 34.6 Å². The number of rotatable bonds is 4. The van der Waals surface area contributed by atoms with Crippen LogP contribution < -0.4 is 19.7 Å². The van der Waals surface area contributed by atoms with Crippen LogP contribution in [0.2, 0.25) is 0 Å². The van der Waals surface area contributed by atoms with E-state index >= 15 is 4.39 Å². The molecule has 2 aromatic rings. The molecule has 3 aliphatic rings. The number of benzene rings is 2. The molecule has 176 valence electrons. The van der Waals surface area contributed by atoms with Gasteiger partial charge in [-0.25, -0.2) is 4.39 Å². The van der Waals surface area contributed by atoms with Crippen LogP contribution in [0.15, 0.2) is 30.3 Å². The highest BCUT2D eigenvalue weighted by molar-refractivity contribution is 6.01. The Kier molecular flexibility index (Phi) is 4.68. The fourth-order valence-electron chi connectivity index (χ4n) is 5.05. The molecule has 1 amide bonds. The van der Waals surface area contributed by atoms with Crippen molar-refractivity contribution in [3.8, 4) is 11.5 Å². The zero-order chi connectivity index (χ0) is 23.8. The van der Waals surface area contributed by atoms with Gasteiger partial charge >= 0.3 is 6.29 Å². The van der Waals surface area contributed by atoms with Gasteiger partial charge in [-0.3, -0.25) is 4.79 Å². The molecule has 1 aliphatic carbocycles. The summed E-state index contributed by atoms with van der Waals surface area (Å²) >= 11 is 0. The lowest BCUT2D eigenvalue weighted by Crippen LogP contribution is -2.41. The molecule has 0 aromatic heterocycles. The Hall–Kier alpha value is -2.90. The first-order valence-electron chi connectivity index (χ1n) is 11.2. The Labute approximate surface area is 190 Å². The van der Waals surface area contributed by atoms with E-state index in [1.54, 1.807) is 12.1 Å². The van der Waals surface area contributed by atoms with Crippen molar-refractivity contribution in [1.29, 1.82) is 0 Å². The third-order valence-electron chi connectivity index (χ3n) is 6.99. The molecule has 0 bridgehead atoms. The zero-order valence-electron chi connectivity index (χ0n) is 19.1. The Balaban J connectivity index is 1.40. The number of hydrogen-bond acceptors (Lipinski definition) is 4. The molecule has 1 fully saturated rings. The highest BCUT2D eigenvalue weighted by Gasteiger charge is 2.53. The van der Waals surface area contributed by atoms with E-state index in [0.717, 1.165) is 24.2 Å². The second-order valence-electron chi connectivity index (χ2n) is 10.2. The molecule has 2 aliphatic heterocycles. The number of amides is 1. The van der Waals surface area contributed by atoms with Crippen LogP contribution in [0.4, 0.5) is 24.5 Å². The summed E-state index contributed by atoms with van der Waals surface area (Å²) in [5.74, 6) is -1.02. The third kappa shape index (κ3) is 3.60. The average Bonchev–Trinajstić information content (AvgIpc) is 3.36. The van der Waals surface area contributed by atoms with Crippen molar-refractivity contribution in [2.75, 3.05) is 16.8 Å². The Morgan fingerprint density at radius 3 is 2.48 bits per heavy atom. The summed E-state index contributed by atoms with van der Waals surface area (Å²) in [5.41, 5.74) is 1.68. The second kappa shape index (κ2) is 7.05. The van der Waals surface area contributed by atoms with Crippen molar-refractivity contribution in [2.24, 2.45) is 5.41 Å². The van der Waals surface area contributed by atoms with Crippen molar-refractivity contribution >= 4 is 17.3 Å². The minimum Gasteiger partial charge on any atom is -0.395 e. The number of anilines is 2. The molecule has 1 unspecified atom stereocenters. The number of fused-ring (bicyclic) bond motifs is 2. The van der Waals surface area contributed by atoms with E-state index in [1.807, 2.05) is 0 Å². The van der Waals surface area contributed by atoms with Crippen LogP contribution in [0.1, 0.15) is 51.7 Å². The zero-order valence-corrected chi connectivity index (χ0v) is 19.1. The van der Waals surface area contributed by atoms with Crippen LogP contribution in [0.25, 0.3) is 0 Å². The lowest BCUT2D eigenvalue weighted by Gasteiger charge is -2.36. The smallest absolute Gasteiger partial charge is 0.395 e. The van der Waals surface area contributed by atoms with Crippen molar-refractivity contribution < 1.29 is 27.4 Å². The summed E-state index contributed by atoms with van der Waals surface area (Å²) in [5, 5.41) is 2.76. The summed E-state index contributed by atoms with van der Waals surface area (Å²) in [4.78, 5) is 15.4. The minimum absolute atomic E-state index is 0.0170. The monoisotopic (exact) mass is 460 g/mol. The van der Waals surface area contributed by atoms with Gasteiger partial charge in [0, 0.05) is 18.3 Å². The number of alkyl halides is 2. The summed E-state index contributed by atoms with van der Waals surface area (Å²) in [7, 11) is 0. The number of hydrogen-bond donors (Lipinski definition) is 1. The van der Waals surface area contributed by atoms with Crippen molar-refractivity contribution in [2.45, 2.75) is 64.7 Å². The van der Waals surface area contributed by atoms with Gasteiger partial charge in [0.25, 0.3) is 0 Å². The fraction of sp³-hybridized carbons (Fsp3) is 0.480. The molecule has 5 nitrogen and oxygen atoms in total. The van der Waals surface area contributed by atoms with Crippen LogP contribution in [0, 0.1) is 11.2 Å². The van der Waals surface area contributed by atoms with Crippen LogP contribution in [0.3, 0.4) is 0 Å². The lowest BCUT2D eigenvalue weighted by atomic mass is 9.84. The molecule has 1 N–H and O–H groups in total. The van der Waals surface area contributed by atoms with E-state index in [2.05, 4.69) is 47.4 Å². The lowest BCUT2D eigenvalue weighted by molar-refractivity contribution is -0.286. The highest BCUT2D eigenvalue weighted by Crippen LogP contribution is 2.52. The van der Waals surface area contributed by atoms with E-state index in [4.69, 9.17) is 0 Å². The number of carbonyl (C=O) groups is 1. The molecule has 1 saturated carbocycles. The molecule has 0 saturated heterocycles. The number of nitrogens with one attached hydrogen (secondary N) is 1. The number of ether oxygens (including phenoxy) is 2. The van der Waals surface area contributed by atoms with Crippen LogP contribution in [0.5, 0.6) is 11.5 Å². The maximum atomic E-state index is 15.1. The normalized spacial score (nSPS) is 21.7. The molecular formula is C25H27F3N2O3.